The van der Waals surface area contributed by atoms with Gasteiger partial charge in [-0.05, 0) is 33.1 Å². The van der Waals surface area contributed by atoms with E-state index in [2.05, 4.69) is 23.6 Å². The summed E-state index contributed by atoms with van der Waals surface area (Å²) in [6.45, 7) is 8.40. The van der Waals surface area contributed by atoms with Gasteiger partial charge in [-0.3, -0.25) is 9.48 Å². The summed E-state index contributed by atoms with van der Waals surface area (Å²) in [6.07, 6.45) is 6.81. The van der Waals surface area contributed by atoms with Crippen LogP contribution in [0.3, 0.4) is 0 Å². The average Bonchev–Trinajstić information content (AvgIpc) is 3.27. The molecule has 2 aliphatic heterocycles. The summed E-state index contributed by atoms with van der Waals surface area (Å²) in [5.41, 5.74) is 1.96. The van der Waals surface area contributed by atoms with Crippen molar-refractivity contribution < 1.29 is 14.3 Å². The van der Waals surface area contributed by atoms with Crippen molar-refractivity contribution in [3.05, 3.63) is 17.5 Å². The molecule has 1 amide bonds. The zero-order chi connectivity index (χ0) is 17.6. The molecule has 1 saturated carbocycles. The molecule has 1 aromatic rings. The molecule has 1 aliphatic carbocycles. The fourth-order valence-corrected chi connectivity index (χ4v) is 4.01. The van der Waals surface area contributed by atoms with Crippen LogP contribution in [0.5, 0.6) is 0 Å². The van der Waals surface area contributed by atoms with Gasteiger partial charge in [0.05, 0.1) is 30.2 Å². The second-order valence-electron chi connectivity index (χ2n) is 7.86. The molecule has 3 heterocycles. The third kappa shape index (κ3) is 3.10. The number of hydrogen-bond donors (Lipinski definition) is 0. The third-order valence-corrected chi connectivity index (χ3v) is 5.85. The van der Waals surface area contributed by atoms with Crippen LogP contribution < -0.4 is 0 Å². The van der Waals surface area contributed by atoms with E-state index in [0.29, 0.717) is 31.7 Å². The number of nitrogens with zero attached hydrogens (tertiary/aromatic N) is 3. The number of ether oxygens (including phenoxy) is 2. The van der Waals surface area contributed by atoms with Gasteiger partial charge < -0.3 is 14.4 Å². The van der Waals surface area contributed by atoms with Crippen molar-refractivity contribution in [2.24, 2.45) is 0 Å². The lowest BCUT2D eigenvalue weighted by Crippen LogP contribution is -2.47. The number of hydrogen-bond acceptors (Lipinski definition) is 4. The Morgan fingerprint density at radius 2 is 2.12 bits per heavy atom. The molecule has 3 aliphatic rings. The van der Waals surface area contributed by atoms with E-state index in [4.69, 9.17) is 9.47 Å². The summed E-state index contributed by atoms with van der Waals surface area (Å²) in [6, 6.07) is 0.337. The standard InChI is InChI=1S/C19H29N3O3/c1-4-13(2)22-17(15-5-6-15)16(11-20-22)18(23)21-9-7-19(8-10-21)24-12-14(3)25-19/h11,13-15H,4-10,12H2,1-3H3/t13-,14-/m0/s1. The van der Waals surface area contributed by atoms with Crippen LogP contribution in [0.25, 0.3) is 0 Å². The molecule has 6 nitrogen and oxygen atoms in total. The predicted molar refractivity (Wildman–Crippen MR) is 93.6 cm³/mol. The molecule has 1 spiro atoms. The highest BCUT2D eigenvalue weighted by molar-refractivity contribution is 5.95. The molecule has 6 heteroatoms. The molecule has 4 rings (SSSR count). The molecule has 0 bridgehead atoms. The van der Waals surface area contributed by atoms with Crippen LogP contribution in [0.15, 0.2) is 6.20 Å². The lowest BCUT2D eigenvalue weighted by Gasteiger charge is -2.37. The van der Waals surface area contributed by atoms with E-state index in [1.165, 1.54) is 12.8 Å². The van der Waals surface area contributed by atoms with Crippen molar-refractivity contribution in [2.75, 3.05) is 19.7 Å². The Hall–Kier alpha value is -1.40. The van der Waals surface area contributed by atoms with Gasteiger partial charge in [-0.2, -0.15) is 5.10 Å². The van der Waals surface area contributed by atoms with Crippen molar-refractivity contribution >= 4 is 5.91 Å². The lowest BCUT2D eigenvalue weighted by atomic mass is 10.0. The van der Waals surface area contributed by atoms with Crippen LogP contribution in [-0.4, -0.2) is 52.2 Å². The average molecular weight is 347 g/mol. The molecular weight excluding hydrogens is 318 g/mol. The van der Waals surface area contributed by atoms with Gasteiger partial charge in [0.2, 0.25) is 0 Å². The zero-order valence-corrected chi connectivity index (χ0v) is 15.5. The van der Waals surface area contributed by atoms with E-state index in [1.807, 2.05) is 11.8 Å². The van der Waals surface area contributed by atoms with Crippen LogP contribution in [0.4, 0.5) is 0 Å². The summed E-state index contributed by atoms with van der Waals surface area (Å²) in [5.74, 6) is 0.169. The SMILES string of the molecule is CC[C@H](C)n1ncc(C(=O)N2CCC3(CC2)OC[C@H](C)O3)c1C1CC1. The second kappa shape index (κ2) is 6.40. The van der Waals surface area contributed by atoms with Crippen LogP contribution in [-0.2, 0) is 9.47 Å². The Morgan fingerprint density at radius 1 is 1.40 bits per heavy atom. The minimum Gasteiger partial charge on any atom is -0.347 e. The number of rotatable bonds is 4. The monoisotopic (exact) mass is 347 g/mol. The number of piperidine rings is 1. The number of carbonyl (C=O) groups is 1. The van der Waals surface area contributed by atoms with Crippen molar-refractivity contribution in [3.8, 4) is 0 Å². The minimum absolute atomic E-state index is 0.123. The van der Waals surface area contributed by atoms with E-state index < -0.39 is 5.79 Å². The highest BCUT2D eigenvalue weighted by Crippen LogP contribution is 2.43. The van der Waals surface area contributed by atoms with Crippen LogP contribution in [0.2, 0.25) is 0 Å². The molecule has 25 heavy (non-hydrogen) atoms. The van der Waals surface area contributed by atoms with E-state index in [9.17, 15) is 4.79 Å². The summed E-state index contributed by atoms with van der Waals surface area (Å²) >= 11 is 0. The Bertz CT molecular complexity index is 644. The van der Waals surface area contributed by atoms with Gasteiger partial charge in [0, 0.05) is 37.9 Å². The molecule has 0 N–H and O–H groups in total. The number of carbonyl (C=O) groups excluding carboxylic acids is 1. The molecule has 2 saturated heterocycles. The Balaban J connectivity index is 1.49. The molecule has 138 valence electrons. The number of amides is 1. The molecule has 0 unspecified atom stereocenters. The van der Waals surface area contributed by atoms with Gasteiger partial charge in [-0.15, -0.1) is 0 Å². The van der Waals surface area contributed by atoms with E-state index in [0.717, 1.165) is 30.5 Å². The summed E-state index contributed by atoms with van der Waals surface area (Å²) in [5, 5.41) is 4.56. The number of likely N-dealkylation sites (tertiary alicyclic amines) is 1. The normalized spacial score (nSPS) is 27.0. The third-order valence-electron chi connectivity index (χ3n) is 5.85. The van der Waals surface area contributed by atoms with E-state index in [-0.39, 0.29) is 12.0 Å². The summed E-state index contributed by atoms with van der Waals surface area (Å²) in [7, 11) is 0. The largest absolute Gasteiger partial charge is 0.347 e. The second-order valence-corrected chi connectivity index (χ2v) is 7.86. The first kappa shape index (κ1) is 17.0. The van der Waals surface area contributed by atoms with E-state index >= 15 is 0 Å². The van der Waals surface area contributed by atoms with Gasteiger partial charge in [0.25, 0.3) is 5.91 Å². The van der Waals surface area contributed by atoms with Crippen LogP contribution >= 0.6 is 0 Å². The maximum atomic E-state index is 13.1. The summed E-state index contributed by atoms with van der Waals surface area (Å²) < 4.78 is 13.9. The van der Waals surface area contributed by atoms with Crippen molar-refractivity contribution in [2.45, 2.75) is 76.7 Å². The predicted octanol–water partition coefficient (Wildman–Crippen LogP) is 3.10. The smallest absolute Gasteiger partial charge is 0.257 e. The quantitative estimate of drug-likeness (QED) is 0.840. The van der Waals surface area contributed by atoms with E-state index in [1.54, 1.807) is 6.20 Å². The minimum atomic E-state index is -0.462. The highest BCUT2D eigenvalue weighted by Gasteiger charge is 2.44. The Kier molecular flexibility index (Phi) is 4.36. The first-order chi connectivity index (χ1) is 12.0. The molecule has 0 radical (unpaired) electrons. The van der Waals surface area contributed by atoms with Crippen LogP contribution in [0.1, 0.15) is 80.9 Å². The molecular formula is C19H29N3O3. The van der Waals surface area contributed by atoms with Crippen molar-refractivity contribution in [1.82, 2.24) is 14.7 Å². The Morgan fingerprint density at radius 3 is 2.68 bits per heavy atom. The van der Waals surface area contributed by atoms with Gasteiger partial charge in [-0.1, -0.05) is 6.92 Å². The van der Waals surface area contributed by atoms with Gasteiger partial charge in [0.15, 0.2) is 5.79 Å². The molecule has 3 fully saturated rings. The zero-order valence-electron chi connectivity index (χ0n) is 15.5. The molecule has 0 aromatic carbocycles. The van der Waals surface area contributed by atoms with Crippen molar-refractivity contribution in [1.29, 1.82) is 0 Å². The fourth-order valence-electron chi connectivity index (χ4n) is 4.01. The highest BCUT2D eigenvalue weighted by atomic mass is 16.7. The van der Waals surface area contributed by atoms with Crippen LogP contribution in [0, 0.1) is 0 Å². The number of aromatic nitrogens is 2. The molecule has 1 aromatic heterocycles. The summed E-state index contributed by atoms with van der Waals surface area (Å²) in [4.78, 5) is 15.1. The van der Waals surface area contributed by atoms with Gasteiger partial charge in [-0.25, -0.2) is 0 Å². The fraction of sp³-hybridized carbons (Fsp3) is 0.789. The molecule has 2 atom stereocenters. The maximum absolute atomic E-state index is 13.1. The maximum Gasteiger partial charge on any atom is 0.257 e. The first-order valence-electron chi connectivity index (χ1n) is 9.71. The van der Waals surface area contributed by atoms with Gasteiger partial charge >= 0.3 is 0 Å². The first-order valence-corrected chi connectivity index (χ1v) is 9.71. The van der Waals surface area contributed by atoms with Gasteiger partial charge in [0.1, 0.15) is 0 Å². The lowest BCUT2D eigenvalue weighted by molar-refractivity contribution is -0.189. The Labute approximate surface area is 149 Å². The topological polar surface area (TPSA) is 56.6 Å². The van der Waals surface area contributed by atoms with Crippen molar-refractivity contribution in [3.63, 3.8) is 0 Å².